The number of piperazine rings is 1. The molecule has 1 aliphatic heterocycles. The van der Waals surface area contributed by atoms with Crippen LogP contribution in [-0.4, -0.2) is 76.9 Å². The summed E-state index contributed by atoms with van der Waals surface area (Å²) in [6, 6.07) is 21.5. The monoisotopic (exact) mass is 497 g/mol. The lowest BCUT2D eigenvalue weighted by Gasteiger charge is -2.34. The molecule has 0 saturated carbocycles. The molecule has 3 heterocycles. The third-order valence-corrected chi connectivity index (χ3v) is 6.51. The second-order valence-electron chi connectivity index (χ2n) is 8.97. The van der Waals surface area contributed by atoms with Gasteiger partial charge in [-0.25, -0.2) is 0 Å². The number of benzene rings is 2. The number of methoxy groups -OCH3 is 1. The van der Waals surface area contributed by atoms with Gasteiger partial charge in [0.25, 0.3) is 5.91 Å². The number of aromatic nitrogens is 3. The molecular weight excluding hydrogens is 466 g/mol. The Labute approximate surface area is 217 Å². The van der Waals surface area contributed by atoms with Gasteiger partial charge in [-0.05, 0) is 42.0 Å². The predicted octanol–water partition coefficient (Wildman–Crippen LogP) is 3.84. The summed E-state index contributed by atoms with van der Waals surface area (Å²) >= 11 is 0. The van der Waals surface area contributed by atoms with E-state index in [2.05, 4.69) is 22.0 Å². The molecule has 0 unspecified atom stereocenters. The third-order valence-electron chi connectivity index (χ3n) is 6.51. The van der Waals surface area contributed by atoms with Gasteiger partial charge in [0.1, 0.15) is 23.8 Å². The largest absolute Gasteiger partial charge is 0.497 e. The first-order valence-corrected chi connectivity index (χ1v) is 12.5. The van der Waals surface area contributed by atoms with Crippen LogP contribution in [-0.2, 0) is 6.54 Å². The number of amides is 1. The zero-order chi connectivity index (χ0) is 25.5. The first-order valence-electron chi connectivity index (χ1n) is 12.5. The zero-order valence-corrected chi connectivity index (χ0v) is 21.0. The molecule has 1 fully saturated rings. The van der Waals surface area contributed by atoms with Crippen LogP contribution >= 0.6 is 0 Å². The molecule has 5 rings (SSSR count). The first-order chi connectivity index (χ1) is 18.2. The van der Waals surface area contributed by atoms with Gasteiger partial charge >= 0.3 is 0 Å². The second-order valence-corrected chi connectivity index (χ2v) is 8.97. The average Bonchev–Trinajstić information content (AvgIpc) is 3.38. The van der Waals surface area contributed by atoms with Crippen LogP contribution in [0.5, 0.6) is 11.5 Å². The van der Waals surface area contributed by atoms with Crippen molar-refractivity contribution in [3.05, 3.63) is 96.4 Å². The van der Waals surface area contributed by atoms with E-state index in [4.69, 9.17) is 14.6 Å². The van der Waals surface area contributed by atoms with Crippen molar-refractivity contribution in [2.75, 3.05) is 46.4 Å². The number of ether oxygens (including phenoxy) is 2. The molecule has 8 heteroatoms. The highest BCUT2D eigenvalue weighted by atomic mass is 16.5. The van der Waals surface area contributed by atoms with E-state index in [1.54, 1.807) is 19.5 Å². The Morgan fingerprint density at radius 3 is 2.38 bits per heavy atom. The lowest BCUT2D eigenvalue weighted by molar-refractivity contribution is 0.0621. The number of pyridine rings is 1. The maximum Gasteiger partial charge on any atom is 0.257 e. The summed E-state index contributed by atoms with van der Waals surface area (Å²) in [5, 5.41) is 4.78. The summed E-state index contributed by atoms with van der Waals surface area (Å²) in [6.07, 6.45) is 5.35. The van der Waals surface area contributed by atoms with E-state index in [1.165, 1.54) is 0 Å². The summed E-state index contributed by atoms with van der Waals surface area (Å²) in [6.45, 7) is 4.94. The fourth-order valence-electron chi connectivity index (χ4n) is 4.45. The molecule has 0 bridgehead atoms. The van der Waals surface area contributed by atoms with Crippen molar-refractivity contribution in [2.24, 2.45) is 0 Å². The molecule has 1 saturated heterocycles. The van der Waals surface area contributed by atoms with Gasteiger partial charge in [-0.3, -0.25) is 19.4 Å². The lowest BCUT2D eigenvalue weighted by Crippen LogP contribution is -2.49. The number of rotatable bonds is 9. The Morgan fingerprint density at radius 1 is 0.919 bits per heavy atom. The number of hydrogen-bond acceptors (Lipinski definition) is 6. The Hall–Kier alpha value is -4.17. The van der Waals surface area contributed by atoms with Crippen molar-refractivity contribution >= 4 is 5.91 Å². The van der Waals surface area contributed by atoms with Crippen LogP contribution in [0.15, 0.2) is 85.3 Å². The molecule has 4 aromatic rings. The molecule has 2 aromatic carbocycles. The van der Waals surface area contributed by atoms with E-state index in [-0.39, 0.29) is 5.91 Å². The van der Waals surface area contributed by atoms with E-state index in [0.717, 1.165) is 42.3 Å². The topological polar surface area (TPSA) is 72.7 Å². The fourth-order valence-corrected chi connectivity index (χ4v) is 4.45. The van der Waals surface area contributed by atoms with Gasteiger partial charge in [-0.1, -0.05) is 30.3 Å². The fraction of sp³-hybridized carbons (Fsp3) is 0.276. The maximum atomic E-state index is 13.6. The van der Waals surface area contributed by atoms with Gasteiger partial charge < -0.3 is 14.4 Å². The van der Waals surface area contributed by atoms with Crippen LogP contribution in [0.4, 0.5) is 0 Å². The minimum absolute atomic E-state index is 0.00676. The molecule has 0 atom stereocenters. The maximum absolute atomic E-state index is 13.6. The van der Waals surface area contributed by atoms with Gasteiger partial charge in [0.2, 0.25) is 0 Å². The molecule has 37 heavy (non-hydrogen) atoms. The van der Waals surface area contributed by atoms with Crippen LogP contribution in [0.2, 0.25) is 0 Å². The molecular formula is C29H31N5O3. The van der Waals surface area contributed by atoms with Gasteiger partial charge in [0.15, 0.2) is 0 Å². The van der Waals surface area contributed by atoms with Gasteiger partial charge in [-0.15, -0.1) is 0 Å². The molecule has 0 aliphatic carbocycles. The van der Waals surface area contributed by atoms with Crippen molar-refractivity contribution in [2.45, 2.75) is 6.54 Å². The Kier molecular flexibility index (Phi) is 7.76. The summed E-state index contributed by atoms with van der Waals surface area (Å²) in [4.78, 5) is 22.1. The second kappa shape index (κ2) is 11.7. The van der Waals surface area contributed by atoms with Gasteiger partial charge in [0, 0.05) is 56.9 Å². The quantitative estimate of drug-likeness (QED) is 0.350. The smallest absolute Gasteiger partial charge is 0.257 e. The standard InChI is InChI=1S/C29H31N5O3/c1-36-25-9-11-26(12-10-25)37-19-18-32-14-16-33(17-15-32)29(35)27-22-34(21-23-6-3-2-4-7-23)31-28(27)24-8-5-13-30-20-24/h2-13,20,22H,14-19,21H2,1H3. The minimum Gasteiger partial charge on any atom is -0.497 e. The van der Waals surface area contributed by atoms with Crippen LogP contribution in [0.1, 0.15) is 15.9 Å². The van der Waals surface area contributed by atoms with Gasteiger partial charge in [0.05, 0.1) is 19.2 Å². The molecule has 1 aliphatic rings. The number of carbonyl (C=O) groups excluding carboxylic acids is 1. The van der Waals surface area contributed by atoms with Crippen LogP contribution in [0, 0.1) is 0 Å². The van der Waals surface area contributed by atoms with Crippen LogP contribution in [0.3, 0.4) is 0 Å². The van der Waals surface area contributed by atoms with E-state index in [1.807, 2.05) is 70.4 Å². The molecule has 1 amide bonds. The van der Waals surface area contributed by atoms with E-state index in [0.29, 0.717) is 37.5 Å². The first kappa shape index (κ1) is 24.5. The molecule has 8 nitrogen and oxygen atoms in total. The zero-order valence-electron chi connectivity index (χ0n) is 21.0. The summed E-state index contributed by atoms with van der Waals surface area (Å²) in [7, 11) is 1.65. The normalized spacial score (nSPS) is 13.9. The van der Waals surface area contributed by atoms with Crippen LogP contribution < -0.4 is 9.47 Å². The Bertz CT molecular complexity index is 1280. The Balaban J connectivity index is 1.21. The molecule has 0 N–H and O–H groups in total. The van der Waals surface area contributed by atoms with E-state index in [9.17, 15) is 4.79 Å². The van der Waals surface area contributed by atoms with Crippen molar-refractivity contribution in [1.82, 2.24) is 24.6 Å². The molecule has 2 aromatic heterocycles. The van der Waals surface area contributed by atoms with Crippen molar-refractivity contribution in [3.63, 3.8) is 0 Å². The van der Waals surface area contributed by atoms with Gasteiger partial charge in [-0.2, -0.15) is 5.10 Å². The lowest BCUT2D eigenvalue weighted by atomic mass is 10.1. The van der Waals surface area contributed by atoms with Crippen molar-refractivity contribution < 1.29 is 14.3 Å². The number of nitrogens with zero attached hydrogens (tertiary/aromatic N) is 5. The highest BCUT2D eigenvalue weighted by Gasteiger charge is 2.26. The summed E-state index contributed by atoms with van der Waals surface area (Å²) in [5.74, 6) is 1.64. The summed E-state index contributed by atoms with van der Waals surface area (Å²) in [5.41, 5.74) is 3.25. The molecule has 190 valence electrons. The highest BCUT2D eigenvalue weighted by Crippen LogP contribution is 2.24. The predicted molar refractivity (Wildman–Crippen MR) is 142 cm³/mol. The molecule has 0 spiro atoms. The summed E-state index contributed by atoms with van der Waals surface area (Å²) < 4.78 is 12.9. The SMILES string of the molecule is COc1ccc(OCCN2CCN(C(=O)c3cn(Cc4ccccc4)nc3-c3cccnc3)CC2)cc1. The minimum atomic E-state index is 0.00676. The van der Waals surface area contributed by atoms with E-state index >= 15 is 0 Å². The van der Waals surface area contributed by atoms with Crippen LogP contribution in [0.25, 0.3) is 11.3 Å². The highest BCUT2D eigenvalue weighted by molar-refractivity contribution is 5.99. The van der Waals surface area contributed by atoms with E-state index < -0.39 is 0 Å². The average molecular weight is 498 g/mol. The van der Waals surface area contributed by atoms with Crippen molar-refractivity contribution in [1.29, 1.82) is 0 Å². The number of hydrogen-bond donors (Lipinski definition) is 0. The molecule has 0 radical (unpaired) electrons. The Morgan fingerprint density at radius 2 is 1.68 bits per heavy atom. The van der Waals surface area contributed by atoms with Crippen molar-refractivity contribution in [3.8, 4) is 22.8 Å². The third kappa shape index (κ3) is 6.16. The number of carbonyl (C=O) groups is 1.